The van der Waals surface area contributed by atoms with E-state index in [1.165, 1.54) is 36.1 Å². The maximum Gasteiger partial charge on any atom is 0.325 e. The summed E-state index contributed by atoms with van der Waals surface area (Å²) in [5, 5.41) is 42.2. The summed E-state index contributed by atoms with van der Waals surface area (Å²) in [5.41, 5.74) is 0.281. The molecular formula is C23H30ClN11O6. The van der Waals surface area contributed by atoms with E-state index in [1.807, 2.05) is 13.8 Å². The van der Waals surface area contributed by atoms with Crippen molar-refractivity contribution in [1.82, 2.24) is 24.7 Å². The van der Waals surface area contributed by atoms with Crippen LogP contribution < -0.4 is 16.0 Å². The van der Waals surface area contributed by atoms with E-state index in [0.29, 0.717) is 18.8 Å². The highest BCUT2D eigenvalue weighted by molar-refractivity contribution is 6.32. The first-order chi connectivity index (χ1) is 19.5. The van der Waals surface area contributed by atoms with Crippen molar-refractivity contribution >= 4 is 52.5 Å². The van der Waals surface area contributed by atoms with E-state index in [4.69, 9.17) is 21.1 Å². The molecule has 0 saturated heterocycles. The number of carboxylic acid groups (broad SMARTS) is 1. The largest absolute Gasteiger partial charge is 0.480 e. The van der Waals surface area contributed by atoms with Gasteiger partial charge in [0.25, 0.3) is 11.6 Å². The number of nitrogens with one attached hydrogen (secondary N) is 3. The fourth-order valence-corrected chi connectivity index (χ4v) is 3.37. The van der Waals surface area contributed by atoms with Crippen LogP contribution in [0.3, 0.4) is 0 Å². The number of non-ortho nitro benzene ring substituents is 1. The number of carboxylic acids is 1. The van der Waals surface area contributed by atoms with Gasteiger partial charge in [-0.2, -0.15) is 24.7 Å². The van der Waals surface area contributed by atoms with Crippen LogP contribution >= 0.6 is 11.6 Å². The number of ether oxygens (including phenoxy) is 2. The monoisotopic (exact) mass is 591 g/mol. The van der Waals surface area contributed by atoms with Gasteiger partial charge in [-0.15, -0.1) is 10.2 Å². The molecule has 18 heteroatoms. The molecule has 0 aliphatic rings. The number of anilines is 3. The van der Waals surface area contributed by atoms with Gasteiger partial charge in [-0.3, -0.25) is 14.9 Å². The highest BCUT2D eigenvalue weighted by Gasteiger charge is 2.20. The fraction of sp³-hybridized carbons (Fsp3) is 0.435. The topological polar surface area (TPSA) is 216 Å². The quantitative estimate of drug-likeness (QED) is 0.112. The van der Waals surface area contributed by atoms with Crippen LogP contribution in [0.4, 0.5) is 34.9 Å². The molecule has 220 valence electrons. The minimum Gasteiger partial charge on any atom is -0.480 e. The summed E-state index contributed by atoms with van der Waals surface area (Å²) in [6, 6.07) is 2.90. The van der Waals surface area contributed by atoms with E-state index < -0.39 is 16.9 Å². The number of halogens is 1. The Bertz CT molecular complexity index is 1370. The number of hydrogen-bond donors (Lipinski definition) is 4. The molecule has 0 amide bonds. The first kappa shape index (κ1) is 31.1. The number of nitro groups is 1. The lowest BCUT2D eigenvalue weighted by atomic mass is 10.3. The maximum atomic E-state index is 11.4. The SMILES string of the molecule is COC(C)CNc1nc(NC(C)C(=O)O)nc(NCC(C)OC)c1N=Nc1ncnn1-c1ccc([N+](=O)[O-])cc1Cl. The number of rotatable bonds is 15. The Morgan fingerprint density at radius 2 is 1.73 bits per heavy atom. The van der Waals surface area contributed by atoms with Gasteiger partial charge in [0.2, 0.25) is 5.95 Å². The Kier molecular flexibility index (Phi) is 10.8. The van der Waals surface area contributed by atoms with Gasteiger partial charge in [-0.25, -0.2) is 0 Å². The van der Waals surface area contributed by atoms with Gasteiger partial charge in [0.15, 0.2) is 17.3 Å². The zero-order valence-corrected chi connectivity index (χ0v) is 23.7. The lowest BCUT2D eigenvalue weighted by Gasteiger charge is -2.18. The summed E-state index contributed by atoms with van der Waals surface area (Å²) >= 11 is 6.28. The number of carbonyl (C=O) groups is 1. The van der Waals surface area contributed by atoms with E-state index in [9.17, 15) is 20.0 Å². The minimum absolute atomic E-state index is 0.00914. The predicted molar refractivity (Wildman–Crippen MR) is 150 cm³/mol. The van der Waals surface area contributed by atoms with Crippen molar-refractivity contribution in [3.63, 3.8) is 0 Å². The number of nitro benzene ring substituents is 1. The van der Waals surface area contributed by atoms with Crippen LogP contribution in [-0.2, 0) is 14.3 Å². The molecule has 17 nitrogen and oxygen atoms in total. The van der Waals surface area contributed by atoms with E-state index in [1.54, 1.807) is 14.2 Å². The molecule has 0 spiro atoms. The smallest absolute Gasteiger partial charge is 0.325 e. The van der Waals surface area contributed by atoms with Gasteiger partial charge < -0.3 is 30.5 Å². The third-order valence-corrected chi connectivity index (χ3v) is 5.96. The van der Waals surface area contributed by atoms with Crippen LogP contribution in [0.5, 0.6) is 0 Å². The van der Waals surface area contributed by atoms with Crippen molar-refractivity contribution in [2.75, 3.05) is 43.3 Å². The predicted octanol–water partition coefficient (Wildman–Crippen LogP) is 3.81. The molecule has 3 aromatic rings. The van der Waals surface area contributed by atoms with Crippen LogP contribution in [0.15, 0.2) is 34.8 Å². The molecule has 0 bridgehead atoms. The standard InChI is InChI=1S/C23H30ClN11O6/c1-12(40-4)9-25-19-18(20(26-10-13(2)41-5)31-22(30-19)29-14(3)21(36)37)32-33-23-27-11-28-34(23)17-7-6-15(35(38)39)8-16(17)24/h6-8,11-14H,9-10H2,1-5H3,(H,36,37)(H3,25,26,29,30,31). The van der Waals surface area contributed by atoms with Gasteiger partial charge in [0.05, 0.1) is 27.8 Å². The summed E-state index contributed by atoms with van der Waals surface area (Å²) in [6.45, 7) is 5.79. The van der Waals surface area contributed by atoms with Gasteiger partial charge in [0, 0.05) is 39.4 Å². The molecule has 0 aliphatic carbocycles. The molecule has 0 saturated carbocycles. The second-order valence-electron chi connectivity index (χ2n) is 8.72. The summed E-state index contributed by atoms with van der Waals surface area (Å²) in [5.74, 6) is -0.610. The number of methoxy groups -OCH3 is 2. The molecule has 2 heterocycles. The fourth-order valence-electron chi connectivity index (χ4n) is 3.11. The molecule has 2 aromatic heterocycles. The van der Waals surface area contributed by atoms with E-state index in [2.05, 4.69) is 46.2 Å². The van der Waals surface area contributed by atoms with Crippen molar-refractivity contribution in [3.05, 3.63) is 39.7 Å². The number of hydrogen-bond acceptors (Lipinski definition) is 14. The molecule has 3 rings (SSSR count). The second kappa shape index (κ2) is 14.2. The molecule has 0 fully saturated rings. The number of aromatic nitrogens is 5. The normalized spacial score (nSPS) is 13.5. The minimum atomic E-state index is -1.09. The Morgan fingerprint density at radius 1 is 1.12 bits per heavy atom. The lowest BCUT2D eigenvalue weighted by molar-refractivity contribution is -0.384. The van der Waals surface area contributed by atoms with Crippen molar-refractivity contribution in [1.29, 1.82) is 0 Å². The zero-order chi connectivity index (χ0) is 30.1. The van der Waals surface area contributed by atoms with Crippen molar-refractivity contribution in [2.24, 2.45) is 10.2 Å². The van der Waals surface area contributed by atoms with Crippen LogP contribution in [0.25, 0.3) is 5.69 Å². The number of benzene rings is 1. The molecule has 0 radical (unpaired) electrons. The molecular weight excluding hydrogens is 562 g/mol. The van der Waals surface area contributed by atoms with Crippen molar-refractivity contribution < 1.29 is 24.3 Å². The molecule has 3 atom stereocenters. The number of nitrogens with zero attached hydrogens (tertiary/aromatic N) is 8. The Balaban J connectivity index is 2.08. The maximum absolute atomic E-state index is 11.4. The summed E-state index contributed by atoms with van der Waals surface area (Å²) in [6.07, 6.45) is 0.810. The second-order valence-corrected chi connectivity index (χ2v) is 9.12. The molecule has 4 N–H and O–H groups in total. The van der Waals surface area contributed by atoms with Crippen LogP contribution in [-0.4, -0.2) is 86.3 Å². The van der Waals surface area contributed by atoms with Crippen LogP contribution in [0.2, 0.25) is 5.02 Å². The van der Waals surface area contributed by atoms with Crippen LogP contribution in [0.1, 0.15) is 20.8 Å². The Hall–Kier alpha value is -4.48. The summed E-state index contributed by atoms with van der Waals surface area (Å²) in [4.78, 5) is 34.9. The van der Waals surface area contributed by atoms with Gasteiger partial charge in [0.1, 0.15) is 12.4 Å². The van der Waals surface area contributed by atoms with Crippen molar-refractivity contribution in [3.8, 4) is 5.69 Å². The van der Waals surface area contributed by atoms with Gasteiger partial charge in [-0.1, -0.05) is 11.6 Å². The third kappa shape index (κ3) is 8.26. The molecule has 1 aromatic carbocycles. The lowest BCUT2D eigenvalue weighted by Crippen LogP contribution is -2.27. The average Bonchev–Trinajstić information content (AvgIpc) is 3.41. The average molecular weight is 592 g/mol. The molecule has 41 heavy (non-hydrogen) atoms. The van der Waals surface area contributed by atoms with Crippen molar-refractivity contribution in [2.45, 2.75) is 39.0 Å². The molecule has 3 unspecified atom stereocenters. The van der Waals surface area contributed by atoms with Gasteiger partial charge in [-0.05, 0) is 26.8 Å². The first-order valence-corrected chi connectivity index (χ1v) is 12.6. The third-order valence-electron chi connectivity index (χ3n) is 5.66. The van der Waals surface area contributed by atoms with E-state index in [-0.39, 0.29) is 52.1 Å². The highest BCUT2D eigenvalue weighted by atomic mass is 35.5. The zero-order valence-electron chi connectivity index (χ0n) is 22.9. The Morgan fingerprint density at radius 3 is 2.24 bits per heavy atom. The van der Waals surface area contributed by atoms with Crippen LogP contribution in [0, 0.1) is 10.1 Å². The van der Waals surface area contributed by atoms with E-state index >= 15 is 0 Å². The van der Waals surface area contributed by atoms with Gasteiger partial charge >= 0.3 is 5.97 Å². The summed E-state index contributed by atoms with van der Waals surface area (Å²) in [7, 11) is 3.12. The Labute approximate surface area is 239 Å². The first-order valence-electron chi connectivity index (χ1n) is 12.2. The van der Waals surface area contributed by atoms with E-state index in [0.717, 1.165) is 0 Å². The molecule has 0 aliphatic heterocycles. The highest BCUT2D eigenvalue weighted by Crippen LogP contribution is 2.34. The summed E-state index contributed by atoms with van der Waals surface area (Å²) < 4.78 is 11.9. The number of azo groups is 1. The number of aliphatic carboxylic acids is 1.